The van der Waals surface area contributed by atoms with E-state index in [0.29, 0.717) is 6.42 Å². The molecule has 1 fully saturated rings. The Labute approximate surface area is 83.5 Å². The summed E-state index contributed by atoms with van der Waals surface area (Å²) >= 11 is 0. The van der Waals surface area contributed by atoms with Gasteiger partial charge in [0.2, 0.25) is 0 Å². The molecule has 1 saturated carbocycles. The molecular weight excluding hydrogens is 179 g/mol. The second-order valence-corrected chi connectivity index (χ2v) is 3.84. The van der Waals surface area contributed by atoms with Crippen LogP contribution in [0.3, 0.4) is 0 Å². The van der Waals surface area contributed by atoms with Crippen LogP contribution >= 0.6 is 0 Å². The number of rotatable bonds is 3. The quantitative estimate of drug-likeness (QED) is 0.722. The summed E-state index contributed by atoms with van der Waals surface area (Å²) in [6.45, 7) is 2.03. The molecule has 1 aromatic rings. The highest BCUT2D eigenvalue weighted by Crippen LogP contribution is 2.23. The Morgan fingerprint density at radius 1 is 1.36 bits per heavy atom. The van der Waals surface area contributed by atoms with E-state index in [1.807, 2.05) is 31.2 Å². The monoisotopic (exact) mass is 194 g/mol. The molecule has 2 atom stereocenters. The Morgan fingerprint density at radius 2 is 2.21 bits per heavy atom. The molecule has 0 heterocycles. The molecule has 1 aromatic carbocycles. The number of benzene rings is 1. The first kappa shape index (κ1) is 9.46. The van der Waals surface area contributed by atoms with Crippen LogP contribution in [0.1, 0.15) is 18.4 Å². The molecule has 0 aromatic heterocycles. The van der Waals surface area contributed by atoms with Crippen LogP contribution in [0.15, 0.2) is 24.3 Å². The van der Waals surface area contributed by atoms with Crippen LogP contribution in [0.2, 0.25) is 0 Å². The van der Waals surface area contributed by atoms with Gasteiger partial charge in [-0.2, -0.15) is 0 Å². The van der Waals surface area contributed by atoms with Crippen molar-refractivity contribution in [1.82, 2.24) is 5.43 Å². The number of halogens is 1. The first-order valence-corrected chi connectivity index (χ1v) is 4.98. The lowest BCUT2D eigenvalue weighted by Crippen LogP contribution is -2.47. The second kappa shape index (κ2) is 3.96. The summed E-state index contributed by atoms with van der Waals surface area (Å²) in [4.78, 5) is 0. The Kier molecular flexibility index (Phi) is 2.68. The minimum Gasteiger partial charge on any atom is -0.321 e. The zero-order chi connectivity index (χ0) is 9.97. The SMILES string of the molecule is Cc1cccc(NNC2CCC2F)c1. The lowest BCUT2D eigenvalue weighted by Gasteiger charge is -2.31. The maximum Gasteiger partial charge on any atom is 0.117 e. The van der Waals surface area contributed by atoms with Gasteiger partial charge < -0.3 is 5.43 Å². The van der Waals surface area contributed by atoms with Gasteiger partial charge in [0.05, 0.1) is 6.04 Å². The minimum atomic E-state index is -0.688. The van der Waals surface area contributed by atoms with Crippen molar-refractivity contribution < 1.29 is 4.39 Å². The number of anilines is 1. The Morgan fingerprint density at radius 3 is 2.79 bits per heavy atom. The van der Waals surface area contributed by atoms with Crippen LogP contribution in [-0.2, 0) is 0 Å². The van der Waals surface area contributed by atoms with E-state index in [4.69, 9.17) is 0 Å². The molecule has 0 radical (unpaired) electrons. The van der Waals surface area contributed by atoms with E-state index in [1.54, 1.807) is 0 Å². The zero-order valence-electron chi connectivity index (χ0n) is 8.26. The summed E-state index contributed by atoms with van der Waals surface area (Å²) in [5, 5.41) is 0. The average molecular weight is 194 g/mol. The Bertz CT molecular complexity index is 314. The molecule has 0 saturated heterocycles. The van der Waals surface area contributed by atoms with Crippen LogP contribution in [-0.4, -0.2) is 12.2 Å². The summed E-state index contributed by atoms with van der Waals surface area (Å²) in [7, 11) is 0. The van der Waals surface area contributed by atoms with E-state index in [9.17, 15) is 4.39 Å². The standard InChI is InChI=1S/C11H15FN2/c1-8-3-2-4-9(7-8)13-14-11-6-5-10(11)12/h2-4,7,10-11,13-14H,5-6H2,1H3. The van der Waals surface area contributed by atoms with Gasteiger partial charge in [0.15, 0.2) is 0 Å². The normalized spacial score (nSPS) is 25.6. The molecule has 0 amide bonds. The summed E-state index contributed by atoms with van der Waals surface area (Å²) in [5.74, 6) is 0. The molecule has 2 nitrogen and oxygen atoms in total. The maximum atomic E-state index is 12.9. The topological polar surface area (TPSA) is 24.1 Å². The van der Waals surface area contributed by atoms with Gasteiger partial charge in [0, 0.05) is 5.69 Å². The van der Waals surface area contributed by atoms with Crippen LogP contribution in [0, 0.1) is 6.92 Å². The lowest BCUT2D eigenvalue weighted by molar-refractivity contribution is 0.149. The van der Waals surface area contributed by atoms with Gasteiger partial charge in [0.1, 0.15) is 6.17 Å². The van der Waals surface area contributed by atoms with Crippen LogP contribution in [0.5, 0.6) is 0 Å². The molecule has 76 valence electrons. The molecule has 1 aliphatic rings. The molecule has 2 unspecified atom stereocenters. The zero-order valence-corrected chi connectivity index (χ0v) is 8.26. The first-order valence-electron chi connectivity index (χ1n) is 4.98. The van der Waals surface area contributed by atoms with Crippen molar-refractivity contribution in [3.05, 3.63) is 29.8 Å². The van der Waals surface area contributed by atoms with Crippen LogP contribution < -0.4 is 10.9 Å². The van der Waals surface area contributed by atoms with Crippen molar-refractivity contribution >= 4 is 5.69 Å². The summed E-state index contributed by atoms with van der Waals surface area (Å²) in [6, 6.07) is 7.99. The van der Waals surface area contributed by atoms with Gasteiger partial charge in [-0.05, 0) is 37.5 Å². The van der Waals surface area contributed by atoms with Crippen molar-refractivity contribution in [2.45, 2.75) is 32.0 Å². The van der Waals surface area contributed by atoms with Gasteiger partial charge in [-0.25, -0.2) is 9.82 Å². The number of hydrogen-bond acceptors (Lipinski definition) is 2. The van der Waals surface area contributed by atoms with Crippen molar-refractivity contribution in [2.24, 2.45) is 0 Å². The van der Waals surface area contributed by atoms with Crippen LogP contribution in [0.4, 0.5) is 10.1 Å². The number of nitrogens with one attached hydrogen (secondary N) is 2. The van der Waals surface area contributed by atoms with Gasteiger partial charge >= 0.3 is 0 Å². The van der Waals surface area contributed by atoms with E-state index < -0.39 is 6.17 Å². The highest BCUT2D eigenvalue weighted by molar-refractivity contribution is 5.44. The fourth-order valence-corrected chi connectivity index (χ4v) is 1.52. The van der Waals surface area contributed by atoms with E-state index in [1.165, 1.54) is 5.56 Å². The minimum absolute atomic E-state index is 0.0180. The smallest absolute Gasteiger partial charge is 0.117 e. The fraction of sp³-hybridized carbons (Fsp3) is 0.455. The Hall–Kier alpha value is -1.09. The molecule has 14 heavy (non-hydrogen) atoms. The van der Waals surface area contributed by atoms with E-state index in [-0.39, 0.29) is 6.04 Å². The predicted molar refractivity (Wildman–Crippen MR) is 55.9 cm³/mol. The van der Waals surface area contributed by atoms with Crippen molar-refractivity contribution in [2.75, 3.05) is 5.43 Å². The highest BCUT2D eigenvalue weighted by atomic mass is 19.1. The van der Waals surface area contributed by atoms with E-state index in [2.05, 4.69) is 10.9 Å². The molecule has 2 N–H and O–H groups in total. The maximum absolute atomic E-state index is 12.9. The fourth-order valence-electron chi connectivity index (χ4n) is 1.52. The third-order valence-corrected chi connectivity index (χ3v) is 2.61. The van der Waals surface area contributed by atoms with Gasteiger partial charge in [-0.1, -0.05) is 12.1 Å². The highest BCUT2D eigenvalue weighted by Gasteiger charge is 2.30. The third-order valence-electron chi connectivity index (χ3n) is 2.61. The number of hydrazine groups is 1. The third kappa shape index (κ3) is 2.04. The molecule has 1 aliphatic carbocycles. The van der Waals surface area contributed by atoms with Gasteiger partial charge in [-0.3, -0.25) is 0 Å². The van der Waals surface area contributed by atoms with Crippen molar-refractivity contribution in [3.8, 4) is 0 Å². The second-order valence-electron chi connectivity index (χ2n) is 3.84. The summed E-state index contributed by atoms with van der Waals surface area (Å²) in [6.07, 6.45) is 0.917. The summed E-state index contributed by atoms with van der Waals surface area (Å²) < 4.78 is 12.9. The molecule has 0 spiro atoms. The molecule has 3 heteroatoms. The van der Waals surface area contributed by atoms with Crippen molar-refractivity contribution in [1.29, 1.82) is 0 Å². The largest absolute Gasteiger partial charge is 0.321 e. The molecule has 0 aliphatic heterocycles. The van der Waals surface area contributed by atoms with E-state index >= 15 is 0 Å². The number of aryl methyl sites for hydroxylation is 1. The number of alkyl halides is 1. The van der Waals surface area contributed by atoms with E-state index in [0.717, 1.165) is 12.1 Å². The van der Waals surface area contributed by atoms with Gasteiger partial charge in [0.25, 0.3) is 0 Å². The molecule has 2 rings (SSSR count). The predicted octanol–water partition coefficient (Wildman–Crippen LogP) is 2.41. The number of hydrogen-bond donors (Lipinski definition) is 2. The average Bonchev–Trinajstić information content (AvgIpc) is 2.16. The Balaban J connectivity index is 1.85. The van der Waals surface area contributed by atoms with Gasteiger partial charge in [-0.15, -0.1) is 0 Å². The van der Waals surface area contributed by atoms with Crippen molar-refractivity contribution in [3.63, 3.8) is 0 Å². The first-order chi connectivity index (χ1) is 6.75. The molecule has 0 bridgehead atoms. The molecular formula is C11H15FN2. The summed E-state index contributed by atoms with van der Waals surface area (Å²) in [5.41, 5.74) is 8.20. The van der Waals surface area contributed by atoms with Crippen LogP contribution in [0.25, 0.3) is 0 Å². The lowest BCUT2D eigenvalue weighted by atomic mass is 9.91.